The summed E-state index contributed by atoms with van der Waals surface area (Å²) in [6.45, 7) is 2.58. The van der Waals surface area contributed by atoms with Gasteiger partial charge in [-0.05, 0) is 30.2 Å². The first kappa shape index (κ1) is 20.8. The normalized spacial score (nSPS) is 11.6. The minimum atomic E-state index is -0.239. The monoisotopic (exact) mass is 428 g/mol. The van der Waals surface area contributed by atoms with Crippen molar-refractivity contribution in [3.05, 3.63) is 107 Å². The molecule has 0 aliphatic carbocycles. The van der Waals surface area contributed by atoms with Crippen molar-refractivity contribution in [1.82, 2.24) is 10.3 Å². The highest BCUT2D eigenvalue weighted by atomic mass is 32.1. The third-order valence-corrected chi connectivity index (χ3v) is 5.82. The highest BCUT2D eigenvalue weighted by molar-refractivity contribution is 7.13. The third kappa shape index (κ3) is 5.38. The van der Waals surface area contributed by atoms with E-state index in [1.165, 1.54) is 0 Å². The van der Waals surface area contributed by atoms with E-state index in [4.69, 9.17) is 4.74 Å². The Balaban J connectivity index is 1.50. The molecule has 0 fully saturated rings. The topological polar surface area (TPSA) is 51.2 Å². The van der Waals surface area contributed by atoms with Crippen LogP contribution in [-0.4, -0.2) is 17.5 Å². The van der Waals surface area contributed by atoms with Gasteiger partial charge in [-0.3, -0.25) is 4.79 Å². The number of hydrogen-bond donors (Lipinski definition) is 1. The van der Waals surface area contributed by atoms with E-state index in [1.54, 1.807) is 11.3 Å². The van der Waals surface area contributed by atoms with E-state index >= 15 is 0 Å². The first-order valence-corrected chi connectivity index (χ1v) is 11.2. The first-order chi connectivity index (χ1) is 15.2. The van der Waals surface area contributed by atoms with Crippen LogP contribution in [0.4, 0.5) is 0 Å². The van der Waals surface area contributed by atoms with Crippen molar-refractivity contribution < 1.29 is 9.53 Å². The molecule has 0 saturated carbocycles. The number of rotatable bonds is 8. The summed E-state index contributed by atoms with van der Waals surface area (Å²) in [5.74, 6) is 0.757. The maximum atomic E-state index is 12.9. The number of carbonyl (C=O) groups excluding carboxylic acids is 1. The van der Waals surface area contributed by atoms with Gasteiger partial charge in [-0.25, -0.2) is 4.98 Å². The Morgan fingerprint density at radius 1 is 0.935 bits per heavy atom. The van der Waals surface area contributed by atoms with Crippen molar-refractivity contribution in [2.75, 3.05) is 6.61 Å². The summed E-state index contributed by atoms with van der Waals surface area (Å²) in [5, 5.41) is 6.06. The van der Waals surface area contributed by atoms with Crippen LogP contribution >= 0.6 is 11.3 Å². The molecule has 0 spiro atoms. The maximum Gasteiger partial charge on any atom is 0.226 e. The molecule has 0 saturated heterocycles. The molecule has 0 radical (unpaired) electrons. The number of nitrogens with zero attached hydrogens (tertiary/aromatic N) is 1. The predicted octanol–water partition coefficient (Wildman–Crippen LogP) is 5.66. The minimum Gasteiger partial charge on any atom is -0.494 e. The number of thiazole rings is 1. The van der Waals surface area contributed by atoms with Crippen LogP contribution in [0, 0.1) is 0 Å². The molecule has 0 aliphatic rings. The molecular formula is C26H24N2O2S. The van der Waals surface area contributed by atoms with Gasteiger partial charge >= 0.3 is 0 Å². The molecule has 156 valence electrons. The van der Waals surface area contributed by atoms with Gasteiger partial charge in [-0.15, -0.1) is 11.3 Å². The molecule has 4 aromatic rings. The van der Waals surface area contributed by atoms with Crippen LogP contribution in [-0.2, 0) is 11.2 Å². The van der Waals surface area contributed by atoms with Gasteiger partial charge in [-0.2, -0.15) is 0 Å². The average molecular weight is 429 g/mol. The Labute approximate surface area is 186 Å². The Morgan fingerprint density at radius 2 is 1.58 bits per heavy atom. The van der Waals surface area contributed by atoms with Crippen LogP contribution in [0.3, 0.4) is 0 Å². The first-order valence-electron chi connectivity index (χ1n) is 10.3. The van der Waals surface area contributed by atoms with E-state index in [-0.39, 0.29) is 18.4 Å². The Morgan fingerprint density at radius 3 is 2.26 bits per heavy atom. The zero-order chi connectivity index (χ0) is 21.5. The molecule has 4 rings (SSSR count). The quantitative estimate of drug-likeness (QED) is 0.394. The van der Waals surface area contributed by atoms with Gasteiger partial charge in [0.1, 0.15) is 10.8 Å². The number of ether oxygens (including phenoxy) is 1. The number of benzene rings is 3. The highest BCUT2D eigenvalue weighted by Crippen LogP contribution is 2.26. The van der Waals surface area contributed by atoms with Crippen molar-refractivity contribution in [3.8, 4) is 16.3 Å². The van der Waals surface area contributed by atoms with Gasteiger partial charge in [0.25, 0.3) is 0 Å². The number of amides is 1. The molecule has 0 bridgehead atoms. The molecular weight excluding hydrogens is 404 g/mol. The second-order valence-electron chi connectivity index (χ2n) is 7.10. The molecule has 1 heterocycles. The molecule has 3 aromatic carbocycles. The van der Waals surface area contributed by atoms with Gasteiger partial charge in [-0.1, -0.05) is 72.8 Å². The number of aromatic nitrogens is 1. The smallest absolute Gasteiger partial charge is 0.226 e. The Bertz CT molecular complexity index is 1110. The average Bonchev–Trinajstić information content (AvgIpc) is 3.28. The highest BCUT2D eigenvalue weighted by Gasteiger charge is 2.18. The Kier molecular flexibility index (Phi) is 6.75. The molecule has 0 aliphatic heterocycles. The van der Waals surface area contributed by atoms with Crippen LogP contribution in [0.25, 0.3) is 10.6 Å². The molecule has 1 amide bonds. The molecule has 4 nitrogen and oxygen atoms in total. The van der Waals surface area contributed by atoms with Crippen molar-refractivity contribution in [2.24, 2.45) is 0 Å². The van der Waals surface area contributed by atoms with Crippen LogP contribution in [0.15, 0.2) is 90.3 Å². The number of carbonyl (C=O) groups is 1. The summed E-state index contributed by atoms with van der Waals surface area (Å²) in [5.41, 5.74) is 3.88. The van der Waals surface area contributed by atoms with E-state index < -0.39 is 0 Å². The van der Waals surface area contributed by atoms with Gasteiger partial charge < -0.3 is 10.1 Å². The summed E-state index contributed by atoms with van der Waals surface area (Å²) >= 11 is 1.56. The van der Waals surface area contributed by atoms with E-state index in [0.717, 1.165) is 33.1 Å². The second-order valence-corrected chi connectivity index (χ2v) is 7.96. The van der Waals surface area contributed by atoms with Gasteiger partial charge in [0.2, 0.25) is 5.91 Å². The van der Waals surface area contributed by atoms with Crippen molar-refractivity contribution in [3.63, 3.8) is 0 Å². The summed E-state index contributed by atoms with van der Waals surface area (Å²) in [7, 11) is 0. The second kappa shape index (κ2) is 10.0. The molecule has 1 N–H and O–H groups in total. The van der Waals surface area contributed by atoms with Crippen LogP contribution < -0.4 is 10.1 Å². The summed E-state index contributed by atoms with van der Waals surface area (Å²) in [6.07, 6.45) is 0.240. The third-order valence-electron chi connectivity index (χ3n) is 4.88. The lowest BCUT2D eigenvalue weighted by molar-refractivity contribution is -0.121. The molecule has 5 heteroatoms. The molecule has 31 heavy (non-hydrogen) atoms. The van der Waals surface area contributed by atoms with E-state index in [0.29, 0.717) is 6.61 Å². The summed E-state index contributed by atoms with van der Waals surface area (Å²) in [4.78, 5) is 17.6. The van der Waals surface area contributed by atoms with Gasteiger partial charge in [0.15, 0.2) is 0 Å². The van der Waals surface area contributed by atoms with Crippen molar-refractivity contribution in [1.29, 1.82) is 0 Å². The number of nitrogens with one attached hydrogen (secondary N) is 1. The zero-order valence-corrected chi connectivity index (χ0v) is 18.1. The van der Waals surface area contributed by atoms with Crippen LogP contribution in [0.1, 0.15) is 29.8 Å². The standard InChI is InChI=1S/C26H24N2O2S/c1-2-30-23-15-13-20(14-16-23)25(19-9-5-3-6-10-19)28-24(29)17-22-18-31-26(27-22)21-11-7-4-8-12-21/h3-16,18,25H,2,17H2,1H3,(H,28,29). The van der Waals surface area contributed by atoms with Gasteiger partial charge in [0, 0.05) is 10.9 Å². The van der Waals surface area contributed by atoms with Gasteiger partial charge in [0.05, 0.1) is 24.8 Å². The van der Waals surface area contributed by atoms with E-state index in [2.05, 4.69) is 10.3 Å². The SMILES string of the molecule is CCOc1ccc(C(NC(=O)Cc2csc(-c3ccccc3)n2)c2ccccc2)cc1. The lowest BCUT2D eigenvalue weighted by Gasteiger charge is -2.20. The lowest BCUT2D eigenvalue weighted by Crippen LogP contribution is -2.30. The molecule has 1 unspecified atom stereocenters. The van der Waals surface area contributed by atoms with Crippen LogP contribution in [0.2, 0.25) is 0 Å². The largest absolute Gasteiger partial charge is 0.494 e. The summed E-state index contributed by atoms with van der Waals surface area (Å²) < 4.78 is 5.55. The predicted molar refractivity (Wildman–Crippen MR) is 125 cm³/mol. The summed E-state index contributed by atoms with van der Waals surface area (Å²) in [6, 6.07) is 27.6. The fourth-order valence-corrected chi connectivity index (χ4v) is 4.23. The zero-order valence-electron chi connectivity index (χ0n) is 17.3. The van der Waals surface area contributed by atoms with Crippen LogP contribution in [0.5, 0.6) is 5.75 Å². The fourth-order valence-electron chi connectivity index (χ4n) is 3.41. The molecule has 1 aromatic heterocycles. The van der Waals surface area contributed by atoms with Crippen molar-refractivity contribution in [2.45, 2.75) is 19.4 Å². The lowest BCUT2D eigenvalue weighted by atomic mass is 9.98. The van der Waals surface area contributed by atoms with E-state index in [9.17, 15) is 4.79 Å². The maximum absolute atomic E-state index is 12.9. The molecule has 1 atom stereocenters. The van der Waals surface area contributed by atoms with Crippen molar-refractivity contribution >= 4 is 17.2 Å². The minimum absolute atomic E-state index is 0.0624. The number of hydrogen-bond acceptors (Lipinski definition) is 4. The fraction of sp³-hybridized carbons (Fsp3) is 0.154. The Hall–Kier alpha value is -3.44. The van der Waals surface area contributed by atoms with E-state index in [1.807, 2.05) is 97.2 Å².